The van der Waals surface area contributed by atoms with E-state index in [2.05, 4.69) is 9.82 Å². The SMILES string of the molecule is Cc1ccc(S(=O)(=O)N[C@@H]2CCO[C@@H](c3cnn(C)c3)C2)cc1. The van der Waals surface area contributed by atoms with E-state index in [1.54, 1.807) is 35.1 Å². The molecular weight excluding hydrogens is 314 g/mol. The predicted molar refractivity (Wildman–Crippen MR) is 86.4 cm³/mol. The maximum atomic E-state index is 12.5. The van der Waals surface area contributed by atoms with E-state index < -0.39 is 10.0 Å². The molecule has 0 radical (unpaired) electrons. The Balaban J connectivity index is 1.70. The number of hydrogen-bond acceptors (Lipinski definition) is 4. The van der Waals surface area contributed by atoms with Gasteiger partial charge in [0.15, 0.2) is 0 Å². The summed E-state index contributed by atoms with van der Waals surface area (Å²) >= 11 is 0. The van der Waals surface area contributed by atoms with Crippen LogP contribution in [-0.2, 0) is 21.8 Å². The summed E-state index contributed by atoms with van der Waals surface area (Å²) in [5.74, 6) is 0. The van der Waals surface area contributed by atoms with Crippen molar-refractivity contribution in [2.45, 2.75) is 36.8 Å². The molecule has 23 heavy (non-hydrogen) atoms. The molecule has 2 aromatic rings. The second-order valence-electron chi connectivity index (χ2n) is 5.96. The maximum absolute atomic E-state index is 12.5. The third-order valence-electron chi connectivity index (χ3n) is 4.03. The van der Waals surface area contributed by atoms with Crippen molar-refractivity contribution >= 4 is 10.0 Å². The molecule has 3 rings (SSSR count). The van der Waals surface area contributed by atoms with Crippen molar-refractivity contribution in [2.24, 2.45) is 7.05 Å². The molecule has 1 aromatic heterocycles. The van der Waals surface area contributed by atoms with Gasteiger partial charge in [-0.15, -0.1) is 0 Å². The fourth-order valence-electron chi connectivity index (χ4n) is 2.75. The average molecular weight is 335 g/mol. The van der Waals surface area contributed by atoms with Crippen molar-refractivity contribution in [3.8, 4) is 0 Å². The Labute approximate surface area is 136 Å². The molecule has 0 spiro atoms. The van der Waals surface area contributed by atoms with Gasteiger partial charge in [0.05, 0.1) is 17.2 Å². The molecule has 0 amide bonds. The largest absolute Gasteiger partial charge is 0.373 e. The zero-order valence-electron chi connectivity index (χ0n) is 13.3. The summed E-state index contributed by atoms with van der Waals surface area (Å²) in [6.07, 6.45) is 4.82. The Morgan fingerprint density at radius 3 is 2.70 bits per heavy atom. The molecule has 0 aliphatic carbocycles. The number of nitrogens with one attached hydrogen (secondary N) is 1. The van der Waals surface area contributed by atoms with Crippen molar-refractivity contribution in [2.75, 3.05) is 6.61 Å². The van der Waals surface area contributed by atoms with Crippen molar-refractivity contribution in [1.29, 1.82) is 0 Å². The zero-order chi connectivity index (χ0) is 16.4. The highest BCUT2D eigenvalue weighted by Crippen LogP contribution is 2.28. The van der Waals surface area contributed by atoms with E-state index in [0.29, 0.717) is 24.3 Å². The zero-order valence-corrected chi connectivity index (χ0v) is 14.1. The van der Waals surface area contributed by atoms with Gasteiger partial charge in [-0.3, -0.25) is 4.68 Å². The van der Waals surface area contributed by atoms with Gasteiger partial charge < -0.3 is 4.74 Å². The average Bonchev–Trinajstić information content (AvgIpc) is 2.94. The van der Waals surface area contributed by atoms with Gasteiger partial charge in [-0.05, 0) is 31.9 Å². The van der Waals surface area contributed by atoms with Gasteiger partial charge in [0.25, 0.3) is 0 Å². The quantitative estimate of drug-likeness (QED) is 0.926. The summed E-state index contributed by atoms with van der Waals surface area (Å²) in [5, 5.41) is 4.15. The van der Waals surface area contributed by atoms with E-state index in [9.17, 15) is 8.42 Å². The van der Waals surface area contributed by atoms with Gasteiger partial charge in [0.2, 0.25) is 10.0 Å². The van der Waals surface area contributed by atoms with Crippen molar-refractivity contribution < 1.29 is 13.2 Å². The van der Waals surface area contributed by atoms with E-state index >= 15 is 0 Å². The molecule has 1 fully saturated rings. The summed E-state index contributed by atoms with van der Waals surface area (Å²) in [6.45, 7) is 2.46. The van der Waals surface area contributed by atoms with Crippen LogP contribution in [0.4, 0.5) is 0 Å². The highest BCUT2D eigenvalue weighted by molar-refractivity contribution is 7.89. The number of hydrogen-bond donors (Lipinski definition) is 1. The van der Waals surface area contributed by atoms with E-state index in [0.717, 1.165) is 11.1 Å². The molecule has 1 aliphatic rings. The standard InChI is InChI=1S/C16H21N3O3S/c1-12-3-5-15(6-4-12)23(20,21)18-14-7-8-22-16(9-14)13-10-17-19(2)11-13/h3-6,10-11,14,16,18H,7-9H2,1-2H3/t14-,16-/m1/s1. The summed E-state index contributed by atoms with van der Waals surface area (Å²) in [6, 6.07) is 6.74. The lowest BCUT2D eigenvalue weighted by Gasteiger charge is -2.29. The number of sulfonamides is 1. The monoisotopic (exact) mass is 335 g/mol. The molecule has 2 heterocycles. The first kappa shape index (κ1) is 16.2. The molecule has 2 atom stereocenters. The minimum Gasteiger partial charge on any atom is -0.373 e. The van der Waals surface area contributed by atoms with Crippen molar-refractivity contribution in [3.63, 3.8) is 0 Å². The van der Waals surface area contributed by atoms with E-state index in [-0.39, 0.29) is 12.1 Å². The first-order chi connectivity index (χ1) is 10.9. The lowest BCUT2D eigenvalue weighted by molar-refractivity contribution is 0.00401. The Morgan fingerprint density at radius 1 is 1.30 bits per heavy atom. The molecule has 1 N–H and O–H groups in total. The molecular formula is C16H21N3O3S. The first-order valence-corrected chi connectivity index (χ1v) is 9.11. The first-order valence-electron chi connectivity index (χ1n) is 7.63. The smallest absolute Gasteiger partial charge is 0.240 e. The summed E-state index contributed by atoms with van der Waals surface area (Å²) in [5.41, 5.74) is 2.01. The number of ether oxygens (including phenoxy) is 1. The molecule has 1 aliphatic heterocycles. The molecule has 1 aromatic carbocycles. The van der Waals surface area contributed by atoms with Crippen LogP contribution in [-0.4, -0.2) is 30.8 Å². The van der Waals surface area contributed by atoms with Gasteiger partial charge >= 0.3 is 0 Å². The normalized spacial score (nSPS) is 22.2. The lowest BCUT2D eigenvalue weighted by atomic mass is 10.0. The van der Waals surface area contributed by atoms with Crippen LogP contribution < -0.4 is 4.72 Å². The van der Waals surface area contributed by atoms with Gasteiger partial charge in [0.1, 0.15) is 0 Å². The number of benzene rings is 1. The van der Waals surface area contributed by atoms with Gasteiger partial charge in [-0.25, -0.2) is 13.1 Å². The fraction of sp³-hybridized carbons (Fsp3) is 0.438. The number of nitrogens with zero attached hydrogens (tertiary/aromatic N) is 2. The number of aromatic nitrogens is 2. The van der Waals surface area contributed by atoms with Crippen molar-refractivity contribution in [3.05, 3.63) is 47.8 Å². The van der Waals surface area contributed by atoms with E-state index in [1.165, 1.54) is 0 Å². The summed E-state index contributed by atoms with van der Waals surface area (Å²) in [4.78, 5) is 0.299. The third-order valence-corrected chi connectivity index (χ3v) is 5.57. The Hall–Kier alpha value is -1.70. The summed E-state index contributed by atoms with van der Waals surface area (Å²) in [7, 11) is -1.65. The van der Waals surface area contributed by atoms with Crippen LogP contribution in [0.2, 0.25) is 0 Å². The Bertz CT molecular complexity index is 768. The number of rotatable bonds is 4. The van der Waals surface area contributed by atoms with Crippen molar-refractivity contribution in [1.82, 2.24) is 14.5 Å². The Kier molecular flexibility index (Phi) is 4.52. The maximum Gasteiger partial charge on any atom is 0.240 e. The third kappa shape index (κ3) is 3.80. The van der Waals surface area contributed by atoms with Crippen LogP contribution in [0, 0.1) is 6.92 Å². The van der Waals surface area contributed by atoms with E-state index in [1.807, 2.05) is 20.2 Å². The van der Waals surface area contributed by atoms with Gasteiger partial charge in [-0.2, -0.15) is 5.10 Å². The molecule has 0 bridgehead atoms. The Morgan fingerprint density at radius 2 is 2.04 bits per heavy atom. The molecule has 7 heteroatoms. The number of aryl methyl sites for hydroxylation is 2. The lowest BCUT2D eigenvalue weighted by Crippen LogP contribution is -2.39. The topological polar surface area (TPSA) is 73.2 Å². The van der Waals surface area contributed by atoms with Crippen LogP contribution in [0.5, 0.6) is 0 Å². The highest BCUT2D eigenvalue weighted by atomic mass is 32.2. The molecule has 1 saturated heterocycles. The summed E-state index contributed by atoms with van der Waals surface area (Å²) < 4.78 is 35.3. The van der Waals surface area contributed by atoms with Gasteiger partial charge in [-0.1, -0.05) is 17.7 Å². The van der Waals surface area contributed by atoms with Crippen LogP contribution in [0.3, 0.4) is 0 Å². The van der Waals surface area contributed by atoms with Gasteiger partial charge in [0, 0.05) is 31.5 Å². The highest BCUT2D eigenvalue weighted by Gasteiger charge is 2.28. The molecule has 0 saturated carbocycles. The van der Waals surface area contributed by atoms with Crippen LogP contribution in [0.25, 0.3) is 0 Å². The minimum absolute atomic E-state index is 0.122. The van der Waals surface area contributed by atoms with Crippen LogP contribution >= 0.6 is 0 Å². The van der Waals surface area contributed by atoms with Crippen LogP contribution in [0.1, 0.15) is 30.1 Å². The predicted octanol–water partition coefficient (Wildman–Crippen LogP) is 1.93. The molecule has 6 nitrogen and oxygen atoms in total. The minimum atomic E-state index is -3.50. The fourth-order valence-corrected chi connectivity index (χ4v) is 4.03. The molecule has 0 unspecified atom stereocenters. The second kappa shape index (κ2) is 6.43. The van der Waals surface area contributed by atoms with Crippen LogP contribution in [0.15, 0.2) is 41.6 Å². The second-order valence-corrected chi connectivity index (χ2v) is 7.68. The molecule has 124 valence electrons. The van der Waals surface area contributed by atoms with E-state index in [4.69, 9.17) is 4.74 Å².